The summed E-state index contributed by atoms with van der Waals surface area (Å²) in [6.45, 7) is 6.45. The van der Waals surface area contributed by atoms with E-state index in [2.05, 4.69) is 20.8 Å². The molecule has 0 spiro atoms. The lowest BCUT2D eigenvalue weighted by Crippen LogP contribution is -2.25. The average Bonchev–Trinajstić information content (AvgIpc) is 2.02. The van der Waals surface area contributed by atoms with Crippen LogP contribution in [0.2, 0.25) is 0 Å². The van der Waals surface area contributed by atoms with Gasteiger partial charge in [0.15, 0.2) is 0 Å². The zero-order valence-corrected chi connectivity index (χ0v) is 9.69. The van der Waals surface area contributed by atoms with Gasteiger partial charge in [0.05, 0.1) is 5.57 Å². The molecule has 0 saturated heterocycles. The Kier molecular flexibility index (Phi) is 3.25. The number of hydrogen-bond donors (Lipinski definition) is 1. The van der Waals surface area contributed by atoms with Crippen LogP contribution in [0.5, 0.6) is 0 Å². The Hall–Kier alpha value is -0.500. The molecule has 2 nitrogen and oxygen atoms in total. The summed E-state index contributed by atoms with van der Waals surface area (Å²) < 4.78 is 0. The van der Waals surface area contributed by atoms with Gasteiger partial charge in [-0.05, 0) is 30.6 Å². The molecule has 0 aromatic carbocycles. The third kappa shape index (κ3) is 2.50. The molecule has 0 heterocycles. The third-order valence-corrected chi connectivity index (χ3v) is 3.39. The largest absolute Gasteiger partial charge is 0.478 e. The molecule has 0 amide bonds. The van der Waals surface area contributed by atoms with Crippen LogP contribution in [0.1, 0.15) is 40.0 Å². The highest BCUT2D eigenvalue weighted by atomic mass is 35.5. The van der Waals surface area contributed by atoms with Crippen molar-refractivity contribution in [2.75, 3.05) is 0 Å². The Morgan fingerprint density at radius 2 is 2.07 bits per heavy atom. The monoisotopic (exact) mass is 216 g/mol. The Bertz CT molecular complexity index is 274. The molecule has 1 aliphatic carbocycles. The second-order valence-corrected chi connectivity index (χ2v) is 5.45. The SMILES string of the molecule is CC(C)(C)C1CCC(Cl)=C(C(=O)O)C1. The van der Waals surface area contributed by atoms with Crippen molar-refractivity contribution in [2.45, 2.75) is 40.0 Å². The van der Waals surface area contributed by atoms with Crippen molar-refractivity contribution in [2.24, 2.45) is 11.3 Å². The lowest BCUT2D eigenvalue weighted by atomic mass is 9.72. The Labute approximate surface area is 90.0 Å². The standard InChI is InChI=1S/C11H17ClO2/c1-11(2,3)7-4-5-9(12)8(6-7)10(13)14/h7H,4-6H2,1-3H3,(H,13,14). The first-order valence-corrected chi connectivity index (χ1v) is 5.31. The van der Waals surface area contributed by atoms with Crippen LogP contribution in [0.4, 0.5) is 0 Å². The van der Waals surface area contributed by atoms with Crippen molar-refractivity contribution in [1.82, 2.24) is 0 Å². The number of carboxylic acids is 1. The fraction of sp³-hybridized carbons (Fsp3) is 0.727. The van der Waals surface area contributed by atoms with Crippen molar-refractivity contribution >= 4 is 17.6 Å². The highest BCUT2D eigenvalue weighted by Gasteiger charge is 2.31. The number of aliphatic carboxylic acids is 1. The highest BCUT2D eigenvalue weighted by molar-refractivity contribution is 6.31. The van der Waals surface area contributed by atoms with Crippen LogP contribution in [0.15, 0.2) is 10.6 Å². The first-order chi connectivity index (χ1) is 6.32. The second kappa shape index (κ2) is 3.93. The van der Waals surface area contributed by atoms with E-state index in [1.165, 1.54) is 0 Å². The normalized spacial score (nSPS) is 23.9. The number of halogens is 1. The molecule has 0 radical (unpaired) electrons. The van der Waals surface area contributed by atoms with Gasteiger partial charge in [-0.25, -0.2) is 4.79 Å². The molecule has 0 aromatic rings. The second-order valence-electron chi connectivity index (χ2n) is 4.99. The summed E-state index contributed by atoms with van der Waals surface area (Å²) >= 11 is 5.89. The molecule has 14 heavy (non-hydrogen) atoms. The first kappa shape index (κ1) is 11.6. The molecule has 1 aliphatic rings. The molecule has 3 heteroatoms. The van der Waals surface area contributed by atoms with Crippen LogP contribution in [-0.2, 0) is 4.79 Å². The van der Waals surface area contributed by atoms with Gasteiger partial charge in [0, 0.05) is 5.03 Å². The van der Waals surface area contributed by atoms with E-state index >= 15 is 0 Å². The summed E-state index contributed by atoms with van der Waals surface area (Å²) in [5, 5.41) is 9.49. The van der Waals surface area contributed by atoms with Gasteiger partial charge >= 0.3 is 5.97 Å². The van der Waals surface area contributed by atoms with E-state index in [0.29, 0.717) is 29.4 Å². The lowest BCUT2D eigenvalue weighted by molar-refractivity contribution is -0.133. The molecule has 0 saturated carbocycles. The van der Waals surface area contributed by atoms with Crippen LogP contribution in [0.25, 0.3) is 0 Å². The zero-order valence-electron chi connectivity index (χ0n) is 8.93. The summed E-state index contributed by atoms with van der Waals surface area (Å²) in [6, 6.07) is 0. The van der Waals surface area contributed by atoms with Crippen molar-refractivity contribution in [3.8, 4) is 0 Å². The Balaban J connectivity index is 2.83. The molecule has 1 unspecified atom stereocenters. The number of rotatable bonds is 1. The van der Waals surface area contributed by atoms with E-state index < -0.39 is 5.97 Å². The number of carbonyl (C=O) groups is 1. The summed E-state index contributed by atoms with van der Waals surface area (Å²) in [6.07, 6.45) is 2.32. The summed E-state index contributed by atoms with van der Waals surface area (Å²) in [5.41, 5.74) is 0.580. The van der Waals surface area contributed by atoms with Crippen molar-refractivity contribution in [3.05, 3.63) is 10.6 Å². The van der Waals surface area contributed by atoms with Gasteiger partial charge < -0.3 is 5.11 Å². The van der Waals surface area contributed by atoms with Crippen LogP contribution >= 0.6 is 11.6 Å². The van der Waals surface area contributed by atoms with Gasteiger partial charge in [0.1, 0.15) is 0 Å². The molecule has 1 N–H and O–H groups in total. The Morgan fingerprint density at radius 1 is 1.50 bits per heavy atom. The van der Waals surface area contributed by atoms with Gasteiger partial charge in [-0.3, -0.25) is 0 Å². The molecule has 0 fully saturated rings. The minimum atomic E-state index is -0.857. The van der Waals surface area contributed by atoms with Gasteiger partial charge in [-0.1, -0.05) is 32.4 Å². The quantitative estimate of drug-likeness (QED) is 0.730. The molecule has 1 rings (SSSR count). The maximum atomic E-state index is 10.9. The van der Waals surface area contributed by atoms with E-state index in [1.807, 2.05) is 0 Å². The summed E-state index contributed by atoms with van der Waals surface area (Å²) in [4.78, 5) is 10.9. The van der Waals surface area contributed by atoms with Gasteiger partial charge in [-0.2, -0.15) is 0 Å². The van der Waals surface area contributed by atoms with Gasteiger partial charge in [0.2, 0.25) is 0 Å². The molecular weight excluding hydrogens is 200 g/mol. The fourth-order valence-electron chi connectivity index (χ4n) is 1.85. The van der Waals surface area contributed by atoms with Crippen molar-refractivity contribution in [3.63, 3.8) is 0 Å². The molecule has 80 valence electrons. The molecular formula is C11H17ClO2. The first-order valence-electron chi connectivity index (χ1n) is 4.93. The molecule has 0 bridgehead atoms. The minimum Gasteiger partial charge on any atom is -0.478 e. The van der Waals surface area contributed by atoms with E-state index in [4.69, 9.17) is 16.7 Å². The highest BCUT2D eigenvalue weighted by Crippen LogP contribution is 2.41. The predicted molar refractivity (Wildman–Crippen MR) is 57.3 cm³/mol. The molecule has 0 aromatic heterocycles. The van der Waals surface area contributed by atoms with Crippen LogP contribution in [0.3, 0.4) is 0 Å². The van der Waals surface area contributed by atoms with Crippen LogP contribution in [-0.4, -0.2) is 11.1 Å². The van der Waals surface area contributed by atoms with Crippen LogP contribution in [0, 0.1) is 11.3 Å². The fourth-order valence-corrected chi connectivity index (χ4v) is 2.12. The third-order valence-electron chi connectivity index (χ3n) is 2.97. The van der Waals surface area contributed by atoms with E-state index in [1.54, 1.807) is 0 Å². The average molecular weight is 217 g/mol. The number of allylic oxidation sites excluding steroid dienone is 1. The van der Waals surface area contributed by atoms with E-state index in [0.717, 1.165) is 6.42 Å². The van der Waals surface area contributed by atoms with Crippen LogP contribution < -0.4 is 0 Å². The topological polar surface area (TPSA) is 37.3 Å². The molecule has 0 aliphatic heterocycles. The minimum absolute atomic E-state index is 0.165. The predicted octanol–water partition coefficient (Wildman–Crippen LogP) is 3.41. The lowest BCUT2D eigenvalue weighted by Gasteiger charge is -2.34. The maximum absolute atomic E-state index is 10.9. The smallest absolute Gasteiger partial charge is 0.332 e. The van der Waals surface area contributed by atoms with E-state index in [-0.39, 0.29) is 5.41 Å². The van der Waals surface area contributed by atoms with Gasteiger partial charge in [-0.15, -0.1) is 0 Å². The Morgan fingerprint density at radius 3 is 2.50 bits per heavy atom. The zero-order chi connectivity index (χ0) is 10.9. The van der Waals surface area contributed by atoms with Crippen molar-refractivity contribution in [1.29, 1.82) is 0 Å². The van der Waals surface area contributed by atoms with E-state index in [9.17, 15) is 4.79 Å². The molecule has 1 atom stereocenters. The number of hydrogen-bond acceptors (Lipinski definition) is 1. The maximum Gasteiger partial charge on any atom is 0.332 e. The van der Waals surface area contributed by atoms with Crippen molar-refractivity contribution < 1.29 is 9.90 Å². The number of carboxylic acid groups (broad SMARTS) is 1. The summed E-state index contributed by atoms with van der Waals surface area (Å²) in [7, 11) is 0. The van der Waals surface area contributed by atoms with Gasteiger partial charge in [0.25, 0.3) is 0 Å². The summed E-state index contributed by atoms with van der Waals surface area (Å²) in [5.74, 6) is -0.431.